The van der Waals surface area contributed by atoms with Gasteiger partial charge >= 0.3 is 5.69 Å². The van der Waals surface area contributed by atoms with E-state index in [0.717, 1.165) is 44.9 Å². The van der Waals surface area contributed by atoms with Crippen LogP contribution in [-0.2, 0) is 9.53 Å². The lowest BCUT2D eigenvalue weighted by molar-refractivity contribution is -0.116. The summed E-state index contributed by atoms with van der Waals surface area (Å²) in [5.41, 5.74) is -0.462. The number of hydrogen-bond donors (Lipinski definition) is 2. The van der Waals surface area contributed by atoms with Crippen molar-refractivity contribution in [3.05, 3.63) is 59.2 Å². The molecule has 2 atom stereocenters. The number of allylic oxidation sites excluding steroid dienone is 6. The van der Waals surface area contributed by atoms with Crippen LogP contribution in [0, 0.1) is 0 Å². The maximum absolute atomic E-state index is 12.4. The molecule has 7 nitrogen and oxygen atoms in total. The van der Waals surface area contributed by atoms with Crippen molar-refractivity contribution in [2.45, 2.75) is 96.3 Å². The molecule has 1 aliphatic heterocycles. The molecule has 1 saturated heterocycles. The van der Waals surface area contributed by atoms with Crippen LogP contribution in [0.2, 0.25) is 0 Å². The van der Waals surface area contributed by atoms with Crippen LogP contribution in [0.15, 0.2) is 53.5 Å². The van der Waals surface area contributed by atoms with E-state index >= 15 is 0 Å². The molecule has 2 heterocycles. The van der Waals surface area contributed by atoms with Crippen LogP contribution >= 0.6 is 0 Å². The molecule has 0 spiro atoms. The Balaban J connectivity index is 1.58. The van der Waals surface area contributed by atoms with Crippen molar-refractivity contribution in [3.8, 4) is 0 Å². The monoisotopic (exact) mass is 471 g/mol. The number of anilines is 1. The molecule has 34 heavy (non-hydrogen) atoms. The highest BCUT2D eigenvalue weighted by molar-refractivity contribution is 5.89. The fraction of sp³-hybridized carbons (Fsp3) is 0.593. The summed E-state index contributed by atoms with van der Waals surface area (Å²) in [5, 5.41) is 12.1. The number of aliphatic hydroxyl groups excluding tert-OH is 1. The minimum absolute atomic E-state index is 0.0853. The zero-order valence-corrected chi connectivity index (χ0v) is 20.5. The van der Waals surface area contributed by atoms with Crippen LogP contribution in [0.4, 0.5) is 5.82 Å². The number of amides is 1. The number of aromatic nitrogens is 2. The topological polar surface area (TPSA) is 93.5 Å². The van der Waals surface area contributed by atoms with Crippen LogP contribution in [0.5, 0.6) is 0 Å². The van der Waals surface area contributed by atoms with E-state index in [1.165, 1.54) is 23.6 Å². The second kappa shape index (κ2) is 17.0. The van der Waals surface area contributed by atoms with Crippen molar-refractivity contribution in [2.75, 3.05) is 11.9 Å². The van der Waals surface area contributed by atoms with Gasteiger partial charge in [-0.2, -0.15) is 0 Å². The van der Waals surface area contributed by atoms with Crippen LogP contribution in [0.25, 0.3) is 0 Å². The number of rotatable bonds is 16. The normalized spacial score (nSPS) is 18.5. The zero-order chi connectivity index (χ0) is 24.4. The van der Waals surface area contributed by atoms with Crippen LogP contribution in [-0.4, -0.2) is 33.3 Å². The molecule has 1 fully saturated rings. The summed E-state index contributed by atoms with van der Waals surface area (Å²) >= 11 is 0. The quantitative estimate of drug-likeness (QED) is 0.247. The number of aliphatic hydroxyl groups is 1. The van der Waals surface area contributed by atoms with Gasteiger partial charge in [-0.15, -0.1) is 0 Å². The Hall–Kier alpha value is -2.51. The summed E-state index contributed by atoms with van der Waals surface area (Å²) in [5.74, 6) is 0.282. The summed E-state index contributed by atoms with van der Waals surface area (Å²) in [4.78, 5) is 28.4. The molecular weight excluding hydrogens is 430 g/mol. The lowest BCUT2D eigenvalue weighted by atomic mass is 10.1. The van der Waals surface area contributed by atoms with Gasteiger partial charge in [0.25, 0.3) is 0 Å². The molecule has 188 valence electrons. The highest BCUT2D eigenvalue weighted by atomic mass is 16.5. The number of carbonyl (C=O) groups is 1. The smallest absolute Gasteiger partial charge is 0.351 e. The first kappa shape index (κ1) is 27.7. The average Bonchev–Trinajstić information content (AvgIpc) is 3.30. The fourth-order valence-electron chi connectivity index (χ4n) is 3.92. The van der Waals surface area contributed by atoms with E-state index in [-0.39, 0.29) is 18.6 Å². The standard InChI is InChI=1S/C27H41N3O4/c1-2-3-4-5-6-7-8-9-10-11-12-13-14-15-16-17-25(32)29-24-20-21-28-27(33)30(24)26-19-18-23(22-31)34-26/h3-4,6-7,9-10,20-21,23,26,31H,2,5,8,11-19,22H2,1H3,(H,29,32)/b4-3-,7-6-,10-9-/t23-,26-/m0/s1. The van der Waals surface area contributed by atoms with Crippen molar-refractivity contribution in [1.29, 1.82) is 0 Å². The molecular formula is C27H41N3O4. The molecule has 2 N–H and O–H groups in total. The predicted octanol–water partition coefficient (Wildman–Crippen LogP) is 5.44. The van der Waals surface area contributed by atoms with Gasteiger partial charge in [0.05, 0.1) is 12.7 Å². The molecule has 0 unspecified atom stereocenters. The third-order valence-electron chi connectivity index (χ3n) is 5.78. The van der Waals surface area contributed by atoms with Crippen LogP contribution in [0.3, 0.4) is 0 Å². The summed E-state index contributed by atoms with van der Waals surface area (Å²) < 4.78 is 7.08. The van der Waals surface area contributed by atoms with Gasteiger partial charge in [0.1, 0.15) is 12.0 Å². The van der Waals surface area contributed by atoms with E-state index in [4.69, 9.17) is 4.74 Å². The molecule has 0 aromatic carbocycles. The fourth-order valence-corrected chi connectivity index (χ4v) is 3.92. The lowest BCUT2D eigenvalue weighted by Crippen LogP contribution is -2.31. The van der Waals surface area contributed by atoms with Gasteiger partial charge in [0.15, 0.2) is 0 Å². The molecule has 0 aliphatic carbocycles. The Morgan fingerprint density at radius 1 is 1.09 bits per heavy atom. The van der Waals surface area contributed by atoms with Crippen molar-refractivity contribution in [3.63, 3.8) is 0 Å². The number of hydrogen-bond acceptors (Lipinski definition) is 5. The van der Waals surface area contributed by atoms with Crippen molar-refractivity contribution >= 4 is 11.7 Å². The third kappa shape index (κ3) is 10.6. The minimum Gasteiger partial charge on any atom is -0.394 e. The maximum atomic E-state index is 12.4. The first-order chi connectivity index (χ1) is 16.7. The van der Waals surface area contributed by atoms with Crippen LogP contribution < -0.4 is 11.0 Å². The second-order valence-electron chi connectivity index (χ2n) is 8.60. The first-order valence-electron chi connectivity index (χ1n) is 12.7. The average molecular weight is 472 g/mol. The SMILES string of the molecule is CC/C=C\C/C=C\C/C=C\CCCCCCCC(=O)Nc1ccnc(=O)n1[C@@H]1CC[C@@H](CO)O1. The molecule has 0 saturated carbocycles. The number of ether oxygens (including phenoxy) is 1. The Kier molecular flexibility index (Phi) is 13.9. The van der Waals surface area contributed by atoms with Crippen molar-refractivity contribution < 1.29 is 14.6 Å². The molecule has 1 amide bonds. The summed E-state index contributed by atoms with van der Waals surface area (Å²) in [6.45, 7) is 2.06. The molecule has 1 aromatic heterocycles. The lowest BCUT2D eigenvalue weighted by Gasteiger charge is -2.19. The summed E-state index contributed by atoms with van der Waals surface area (Å²) in [7, 11) is 0. The van der Waals surface area contributed by atoms with E-state index < -0.39 is 11.9 Å². The number of nitrogens with one attached hydrogen (secondary N) is 1. The van der Waals surface area contributed by atoms with Crippen molar-refractivity contribution in [2.24, 2.45) is 0 Å². The van der Waals surface area contributed by atoms with Gasteiger partial charge < -0.3 is 15.2 Å². The third-order valence-corrected chi connectivity index (χ3v) is 5.78. The molecule has 7 heteroatoms. The highest BCUT2D eigenvalue weighted by Crippen LogP contribution is 2.29. The van der Waals surface area contributed by atoms with Gasteiger partial charge in [-0.05, 0) is 57.4 Å². The predicted molar refractivity (Wildman–Crippen MR) is 137 cm³/mol. The van der Waals surface area contributed by atoms with Crippen LogP contribution in [0.1, 0.15) is 90.2 Å². The van der Waals surface area contributed by atoms with Gasteiger partial charge in [0.2, 0.25) is 5.91 Å². The number of unbranched alkanes of at least 4 members (excludes halogenated alkanes) is 5. The Bertz CT molecular complexity index is 860. The van der Waals surface area contributed by atoms with Gasteiger partial charge in [-0.3, -0.25) is 9.36 Å². The maximum Gasteiger partial charge on any atom is 0.351 e. The van der Waals surface area contributed by atoms with Gasteiger partial charge in [-0.25, -0.2) is 9.78 Å². The van der Waals surface area contributed by atoms with Gasteiger partial charge in [-0.1, -0.05) is 62.6 Å². The van der Waals surface area contributed by atoms with E-state index in [1.54, 1.807) is 6.07 Å². The molecule has 1 aromatic rings. The molecule has 1 aliphatic rings. The Morgan fingerprint density at radius 2 is 1.79 bits per heavy atom. The largest absolute Gasteiger partial charge is 0.394 e. The second-order valence-corrected chi connectivity index (χ2v) is 8.60. The Morgan fingerprint density at radius 3 is 2.53 bits per heavy atom. The van der Waals surface area contributed by atoms with Gasteiger partial charge in [0, 0.05) is 12.6 Å². The molecule has 2 rings (SSSR count). The van der Waals surface area contributed by atoms with E-state index in [9.17, 15) is 14.7 Å². The molecule has 0 bridgehead atoms. The summed E-state index contributed by atoms with van der Waals surface area (Å²) in [6.07, 6.45) is 25.0. The number of nitrogens with zero attached hydrogens (tertiary/aromatic N) is 2. The van der Waals surface area contributed by atoms with E-state index in [2.05, 4.69) is 53.7 Å². The van der Waals surface area contributed by atoms with E-state index in [1.807, 2.05) is 0 Å². The van der Waals surface area contributed by atoms with Crippen molar-refractivity contribution in [1.82, 2.24) is 9.55 Å². The summed E-state index contributed by atoms with van der Waals surface area (Å²) in [6, 6.07) is 1.61. The molecule has 0 radical (unpaired) electrons. The highest BCUT2D eigenvalue weighted by Gasteiger charge is 2.28. The Labute approximate surface area is 203 Å². The first-order valence-corrected chi connectivity index (χ1v) is 12.7. The minimum atomic E-state index is -0.512. The van der Waals surface area contributed by atoms with E-state index in [0.29, 0.717) is 25.1 Å². The number of carbonyl (C=O) groups excluding carboxylic acids is 1. The zero-order valence-electron chi connectivity index (χ0n) is 20.5.